The Balaban J connectivity index is 0.00000169. The highest BCUT2D eigenvalue weighted by atomic mass is 35.5. The van der Waals surface area contributed by atoms with Crippen molar-refractivity contribution < 1.29 is 22.7 Å². The minimum atomic E-state index is -4.35. The van der Waals surface area contributed by atoms with E-state index in [1.54, 1.807) is 11.0 Å². The van der Waals surface area contributed by atoms with Crippen LogP contribution in [0.4, 0.5) is 18.9 Å². The summed E-state index contributed by atoms with van der Waals surface area (Å²) in [4.78, 5) is 16.0. The van der Waals surface area contributed by atoms with E-state index in [0.29, 0.717) is 45.0 Å². The second-order valence-electron chi connectivity index (χ2n) is 5.92. The third-order valence-corrected chi connectivity index (χ3v) is 4.33. The van der Waals surface area contributed by atoms with Crippen LogP contribution in [0.3, 0.4) is 0 Å². The molecule has 1 unspecified atom stereocenters. The number of carbonyl (C=O) groups is 1. The van der Waals surface area contributed by atoms with Crippen molar-refractivity contribution in [2.24, 2.45) is 0 Å². The normalized spacial score (nSPS) is 20.8. The molecule has 3 rings (SSSR count). The SMILES string of the molecule is Cl.Cl.O=C(C1CNCCO1)N1CCN(c2cccc(C(F)(F)F)c2)CC1. The maximum atomic E-state index is 12.8. The van der Waals surface area contributed by atoms with Crippen LogP contribution in [0.1, 0.15) is 5.56 Å². The summed E-state index contributed by atoms with van der Waals surface area (Å²) in [5, 5.41) is 3.12. The number of hydrogen-bond acceptors (Lipinski definition) is 4. The van der Waals surface area contributed by atoms with E-state index in [4.69, 9.17) is 4.74 Å². The molecule has 0 aliphatic carbocycles. The Morgan fingerprint density at radius 3 is 2.42 bits per heavy atom. The van der Waals surface area contributed by atoms with Gasteiger partial charge in [-0.1, -0.05) is 6.07 Å². The van der Waals surface area contributed by atoms with Crippen LogP contribution in [0, 0.1) is 0 Å². The van der Waals surface area contributed by atoms with E-state index in [1.807, 2.05) is 4.90 Å². The van der Waals surface area contributed by atoms with Crippen LogP contribution in [-0.2, 0) is 15.7 Å². The van der Waals surface area contributed by atoms with Crippen LogP contribution < -0.4 is 10.2 Å². The lowest BCUT2D eigenvalue weighted by molar-refractivity contribution is -0.145. The molecule has 1 N–H and O–H groups in total. The predicted octanol–water partition coefficient (Wildman–Crippen LogP) is 2.19. The number of benzene rings is 1. The number of morpholine rings is 1. The predicted molar refractivity (Wildman–Crippen MR) is 97.3 cm³/mol. The molecular weight excluding hydrogens is 394 g/mol. The molecule has 2 aliphatic heterocycles. The van der Waals surface area contributed by atoms with Crippen LogP contribution in [0.25, 0.3) is 0 Å². The highest BCUT2D eigenvalue weighted by molar-refractivity contribution is 5.85. The lowest BCUT2D eigenvalue weighted by atomic mass is 10.1. The Morgan fingerprint density at radius 1 is 1.15 bits per heavy atom. The van der Waals surface area contributed by atoms with Gasteiger partial charge in [-0.25, -0.2) is 0 Å². The first-order valence-electron chi connectivity index (χ1n) is 7.98. The summed E-state index contributed by atoms with van der Waals surface area (Å²) < 4.78 is 43.9. The Hall–Kier alpha value is -1.22. The van der Waals surface area contributed by atoms with Crippen molar-refractivity contribution in [3.05, 3.63) is 29.8 Å². The zero-order valence-electron chi connectivity index (χ0n) is 14.0. The largest absolute Gasteiger partial charge is 0.416 e. The van der Waals surface area contributed by atoms with Gasteiger partial charge in [0.05, 0.1) is 12.2 Å². The smallest absolute Gasteiger partial charge is 0.368 e. The molecular formula is C16H22Cl2F3N3O2. The average molecular weight is 416 g/mol. The zero-order valence-corrected chi connectivity index (χ0v) is 15.6. The molecule has 2 aliphatic rings. The molecule has 2 fully saturated rings. The van der Waals surface area contributed by atoms with Gasteiger partial charge in [0.15, 0.2) is 0 Å². The lowest BCUT2D eigenvalue weighted by Crippen LogP contribution is -2.55. The number of ether oxygens (including phenoxy) is 1. The maximum Gasteiger partial charge on any atom is 0.416 e. The lowest BCUT2D eigenvalue weighted by Gasteiger charge is -2.38. The second-order valence-corrected chi connectivity index (χ2v) is 5.92. The van der Waals surface area contributed by atoms with Crippen molar-refractivity contribution in [1.29, 1.82) is 0 Å². The first-order chi connectivity index (χ1) is 11.4. The quantitative estimate of drug-likeness (QED) is 0.803. The summed E-state index contributed by atoms with van der Waals surface area (Å²) in [6.45, 7) is 3.74. The molecule has 26 heavy (non-hydrogen) atoms. The Kier molecular flexibility index (Phi) is 8.46. The summed E-state index contributed by atoms with van der Waals surface area (Å²) in [5.74, 6) is -0.0501. The number of piperazine rings is 1. The summed E-state index contributed by atoms with van der Waals surface area (Å²) in [6.07, 6.45) is -4.81. The zero-order chi connectivity index (χ0) is 17.2. The molecule has 2 heterocycles. The molecule has 2 saturated heterocycles. The van der Waals surface area contributed by atoms with Gasteiger partial charge in [0.25, 0.3) is 5.91 Å². The van der Waals surface area contributed by atoms with Gasteiger partial charge >= 0.3 is 6.18 Å². The molecule has 0 saturated carbocycles. The molecule has 1 atom stereocenters. The van der Waals surface area contributed by atoms with Crippen LogP contribution in [0.2, 0.25) is 0 Å². The second kappa shape index (κ2) is 9.64. The third kappa shape index (κ3) is 5.39. The van der Waals surface area contributed by atoms with E-state index >= 15 is 0 Å². The van der Waals surface area contributed by atoms with Crippen molar-refractivity contribution in [1.82, 2.24) is 10.2 Å². The van der Waals surface area contributed by atoms with Gasteiger partial charge in [-0.05, 0) is 18.2 Å². The number of nitrogens with zero attached hydrogens (tertiary/aromatic N) is 2. The van der Waals surface area contributed by atoms with Gasteiger partial charge in [0.2, 0.25) is 0 Å². The number of nitrogens with one attached hydrogen (secondary N) is 1. The van der Waals surface area contributed by atoms with Gasteiger partial charge in [-0.15, -0.1) is 24.8 Å². The summed E-state index contributed by atoms with van der Waals surface area (Å²) >= 11 is 0. The molecule has 5 nitrogen and oxygen atoms in total. The molecule has 0 aromatic heterocycles. The number of carbonyl (C=O) groups excluding carboxylic acids is 1. The molecule has 10 heteroatoms. The summed E-state index contributed by atoms with van der Waals surface area (Å²) in [7, 11) is 0. The molecule has 0 radical (unpaired) electrons. The number of amides is 1. The molecule has 1 aromatic rings. The van der Waals surface area contributed by atoms with E-state index in [-0.39, 0.29) is 30.7 Å². The van der Waals surface area contributed by atoms with Crippen molar-refractivity contribution in [2.75, 3.05) is 50.8 Å². The number of anilines is 1. The third-order valence-electron chi connectivity index (χ3n) is 4.33. The van der Waals surface area contributed by atoms with Crippen LogP contribution in [0.15, 0.2) is 24.3 Å². The number of hydrogen-bond donors (Lipinski definition) is 1. The highest BCUT2D eigenvalue weighted by Crippen LogP contribution is 2.31. The van der Waals surface area contributed by atoms with E-state index in [9.17, 15) is 18.0 Å². The minimum absolute atomic E-state index is 0. The van der Waals surface area contributed by atoms with Crippen LogP contribution >= 0.6 is 24.8 Å². The standard InChI is InChI=1S/C16H20F3N3O2.2ClH/c17-16(18,19)12-2-1-3-13(10-12)21-5-7-22(8-6-21)15(23)14-11-20-4-9-24-14;;/h1-3,10,14,20H,4-9,11H2;2*1H. The van der Waals surface area contributed by atoms with E-state index < -0.39 is 17.8 Å². The first kappa shape index (κ1) is 22.8. The average Bonchev–Trinajstić information content (AvgIpc) is 2.61. The number of rotatable bonds is 2. The van der Waals surface area contributed by atoms with E-state index in [1.165, 1.54) is 6.07 Å². The Labute approximate surface area is 162 Å². The van der Waals surface area contributed by atoms with Gasteiger partial charge in [0, 0.05) is 45.0 Å². The van der Waals surface area contributed by atoms with Crippen LogP contribution in [-0.4, -0.2) is 62.8 Å². The van der Waals surface area contributed by atoms with Crippen molar-refractivity contribution in [3.8, 4) is 0 Å². The molecule has 148 valence electrons. The van der Waals surface area contributed by atoms with Crippen molar-refractivity contribution in [3.63, 3.8) is 0 Å². The fraction of sp³-hybridized carbons (Fsp3) is 0.562. The van der Waals surface area contributed by atoms with Gasteiger partial charge in [-0.3, -0.25) is 4.79 Å². The van der Waals surface area contributed by atoms with E-state index in [2.05, 4.69) is 5.32 Å². The van der Waals surface area contributed by atoms with Gasteiger partial charge < -0.3 is 19.9 Å². The van der Waals surface area contributed by atoms with E-state index in [0.717, 1.165) is 18.7 Å². The molecule has 1 amide bonds. The molecule has 0 bridgehead atoms. The fourth-order valence-electron chi connectivity index (χ4n) is 2.99. The highest BCUT2D eigenvalue weighted by Gasteiger charge is 2.32. The monoisotopic (exact) mass is 415 g/mol. The number of halogens is 5. The Morgan fingerprint density at radius 2 is 1.85 bits per heavy atom. The maximum absolute atomic E-state index is 12.8. The molecule has 0 spiro atoms. The first-order valence-corrected chi connectivity index (χ1v) is 7.98. The van der Waals surface area contributed by atoms with Crippen molar-refractivity contribution >= 4 is 36.4 Å². The van der Waals surface area contributed by atoms with Crippen molar-refractivity contribution in [2.45, 2.75) is 12.3 Å². The van der Waals surface area contributed by atoms with Crippen LogP contribution in [0.5, 0.6) is 0 Å². The Bertz CT molecular complexity index is 590. The summed E-state index contributed by atoms with van der Waals surface area (Å²) in [5.41, 5.74) is -0.118. The van der Waals surface area contributed by atoms with Gasteiger partial charge in [0.1, 0.15) is 6.10 Å². The summed E-state index contributed by atoms with van der Waals surface area (Å²) in [6, 6.07) is 5.31. The van der Waals surface area contributed by atoms with Gasteiger partial charge in [-0.2, -0.15) is 13.2 Å². The number of alkyl halides is 3. The fourth-order valence-corrected chi connectivity index (χ4v) is 2.99. The topological polar surface area (TPSA) is 44.8 Å². The minimum Gasteiger partial charge on any atom is -0.368 e. The molecule has 1 aromatic carbocycles.